The van der Waals surface area contributed by atoms with Gasteiger partial charge in [-0.15, -0.1) is 11.3 Å². The number of rotatable bonds is 8. The number of aliphatic imine (C=N–C) groups is 1. The predicted octanol–water partition coefficient (Wildman–Crippen LogP) is 3.57. The van der Waals surface area contributed by atoms with Crippen molar-refractivity contribution in [2.45, 2.75) is 44.4 Å². The van der Waals surface area contributed by atoms with Gasteiger partial charge in [0.05, 0.1) is 12.2 Å². The van der Waals surface area contributed by atoms with Gasteiger partial charge in [0.2, 0.25) is 0 Å². The van der Waals surface area contributed by atoms with Gasteiger partial charge in [0.25, 0.3) is 0 Å². The summed E-state index contributed by atoms with van der Waals surface area (Å²) < 4.78 is 0. The highest BCUT2D eigenvalue weighted by Gasteiger charge is 2.43. The molecule has 2 heterocycles. The van der Waals surface area contributed by atoms with E-state index >= 15 is 0 Å². The lowest BCUT2D eigenvalue weighted by atomic mass is 9.96. The van der Waals surface area contributed by atoms with Crippen LogP contribution in [0.4, 0.5) is 5.13 Å². The fourth-order valence-electron chi connectivity index (χ4n) is 3.83. The third-order valence-corrected chi connectivity index (χ3v) is 6.66. The second-order valence-corrected chi connectivity index (χ2v) is 8.67. The molecule has 1 aromatic heterocycles. The first-order chi connectivity index (χ1) is 13.8. The fraction of sp³-hybridized carbons (Fsp3) is 0.545. The van der Waals surface area contributed by atoms with E-state index in [4.69, 9.17) is 9.98 Å². The van der Waals surface area contributed by atoms with Crippen LogP contribution < -0.4 is 15.5 Å². The van der Waals surface area contributed by atoms with Gasteiger partial charge in [-0.2, -0.15) is 0 Å². The van der Waals surface area contributed by atoms with Gasteiger partial charge >= 0.3 is 0 Å². The average molecular weight is 398 g/mol. The first-order valence-corrected chi connectivity index (χ1v) is 11.4. The summed E-state index contributed by atoms with van der Waals surface area (Å²) in [5.74, 6) is 0.916. The highest BCUT2D eigenvalue weighted by Crippen LogP contribution is 2.48. The molecule has 0 bridgehead atoms. The minimum atomic E-state index is 0.253. The van der Waals surface area contributed by atoms with Gasteiger partial charge in [-0.1, -0.05) is 30.3 Å². The third-order valence-electron chi connectivity index (χ3n) is 5.71. The first-order valence-electron chi connectivity index (χ1n) is 10.6. The third kappa shape index (κ3) is 4.66. The van der Waals surface area contributed by atoms with E-state index in [9.17, 15) is 0 Å². The largest absolute Gasteiger partial charge is 0.357 e. The Labute approximate surface area is 172 Å². The van der Waals surface area contributed by atoms with Crippen molar-refractivity contribution >= 4 is 22.4 Å². The summed E-state index contributed by atoms with van der Waals surface area (Å²) in [6.45, 7) is 7.01. The van der Waals surface area contributed by atoms with Gasteiger partial charge in [0, 0.05) is 43.4 Å². The maximum absolute atomic E-state index is 4.89. The monoisotopic (exact) mass is 397 g/mol. The van der Waals surface area contributed by atoms with Crippen LogP contribution in [0, 0.1) is 0 Å². The highest BCUT2D eigenvalue weighted by molar-refractivity contribution is 7.13. The van der Waals surface area contributed by atoms with Crippen LogP contribution in [-0.4, -0.2) is 43.7 Å². The number of aromatic nitrogens is 1. The molecule has 1 aliphatic heterocycles. The van der Waals surface area contributed by atoms with Crippen LogP contribution in [0.1, 0.15) is 43.9 Å². The zero-order valence-corrected chi connectivity index (χ0v) is 17.6. The normalized spacial score (nSPS) is 18.3. The van der Waals surface area contributed by atoms with Crippen LogP contribution in [0.15, 0.2) is 40.7 Å². The zero-order chi connectivity index (χ0) is 19.2. The molecule has 0 atom stereocenters. The summed E-state index contributed by atoms with van der Waals surface area (Å²) in [4.78, 5) is 12.1. The van der Waals surface area contributed by atoms with E-state index in [-0.39, 0.29) is 5.41 Å². The Balaban J connectivity index is 1.29. The van der Waals surface area contributed by atoms with Gasteiger partial charge in [-0.25, -0.2) is 4.98 Å². The lowest BCUT2D eigenvalue weighted by Crippen LogP contribution is -2.39. The first kappa shape index (κ1) is 19.2. The summed E-state index contributed by atoms with van der Waals surface area (Å²) >= 11 is 1.78. The number of nitrogens with zero attached hydrogens (tertiary/aromatic N) is 3. The Hall–Kier alpha value is -2.08. The van der Waals surface area contributed by atoms with Crippen molar-refractivity contribution < 1.29 is 0 Å². The van der Waals surface area contributed by atoms with Crippen molar-refractivity contribution in [1.29, 1.82) is 0 Å². The maximum atomic E-state index is 4.89. The molecule has 1 saturated heterocycles. The minimum absolute atomic E-state index is 0.253. The molecule has 1 saturated carbocycles. The van der Waals surface area contributed by atoms with Crippen LogP contribution in [-0.2, 0) is 11.8 Å². The van der Waals surface area contributed by atoms with Crippen LogP contribution in [0.25, 0.3) is 0 Å². The SMILES string of the molecule is CCNC(=NCC1(c2ccccc2)CC1)NCCc1csc(N2CCCC2)n1. The molecular formula is C22H31N5S. The number of thiazole rings is 1. The number of nitrogens with one attached hydrogen (secondary N) is 2. The number of hydrogen-bond acceptors (Lipinski definition) is 4. The molecule has 0 spiro atoms. The van der Waals surface area contributed by atoms with Gasteiger partial charge in [-0.05, 0) is 38.2 Å². The van der Waals surface area contributed by atoms with Crippen molar-refractivity contribution in [2.75, 3.05) is 37.6 Å². The number of hydrogen-bond donors (Lipinski definition) is 2. The average Bonchev–Trinajstić information content (AvgIpc) is 3.10. The molecule has 0 amide bonds. The molecule has 1 aliphatic carbocycles. The smallest absolute Gasteiger partial charge is 0.191 e. The Morgan fingerprint density at radius 1 is 1.18 bits per heavy atom. The second-order valence-electron chi connectivity index (χ2n) is 7.83. The van der Waals surface area contributed by atoms with Gasteiger partial charge in [0.1, 0.15) is 0 Å². The standard InChI is InChI=1S/C22H31N5S/c1-2-23-20(25-17-22(11-12-22)18-8-4-3-5-9-18)24-13-10-19-16-28-21(26-19)27-14-6-7-15-27/h3-5,8-9,16H,2,6-7,10-15,17H2,1H3,(H2,23,24,25). The molecule has 6 heteroatoms. The molecule has 2 fully saturated rings. The predicted molar refractivity (Wildman–Crippen MR) is 119 cm³/mol. The van der Waals surface area contributed by atoms with E-state index in [1.807, 2.05) is 0 Å². The molecule has 28 heavy (non-hydrogen) atoms. The summed E-state index contributed by atoms with van der Waals surface area (Å²) in [6, 6.07) is 10.8. The van der Waals surface area contributed by atoms with E-state index in [1.165, 1.54) is 42.1 Å². The van der Waals surface area contributed by atoms with Crippen molar-refractivity contribution in [3.05, 3.63) is 47.0 Å². The zero-order valence-electron chi connectivity index (χ0n) is 16.8. The molecule has 2 aliphatic rings. The van der Waals surface area contributed by atoms with E-state index in [0.717, 1.165) is 45.1 Å². The van der Waals surface area contributed by atoms with Crippen molar-refractivity contribution in [3.8, 4) is 0 Å². The van der Waals surface area contributed by atoms with E-state index in [0.29, 0.717) is 0 Å². The van der Waals surface area contributed by atoms with E-state index in [1.54, 1.807) is 11.3 Å². The summed E-state index contributed by atoms with van der Waals surface area (Å²) in [5.41, 5.74) is 2.85. The Morgan fingerprint density at radius 2 is 1.96 bits per heavy atom. The lowest BCUT2D eigenvalue weighted by molar-refractivity contribution is 0.691. The Bertz CT molecular complexity index is 775. The molecule has 0 radical (unpaired) electrons. The van der Waals surface area contributed by atoms with Crippen LogP contribution in [0.2, 0.25) is 0 Å². The summed E-state index contributed by atoms with van der Waals surface area (Å²) in [5, 5.41) is 10.3. The topological polar surface area (TPSA) is 52.6 Å². The molecule has 0 unspecified atom stereocenters. The van der Waals surface area contributed by atoms with Crippen molar-refractivity contribution in [2.24, 2.45) is 4.99 Å². The quantitative estimate of drug-likeness (QED) is 0.528. The highest BCUT2D eigenvalue weighted by atomic mass is 32.1. The van der Waals surface area contributed by atoms with Gasteiger partial charge in [-0.3, -0.25) is 4.99 Å². The fourth-order valence-corrected chi connectivity index (χ4v) is 4.74. The maximum Gasteiger partial charge on any atom is 0.191 e. The summed E-state index contributed by atoms with van der Waals surface area (Å²) in [7, 11) is 0. The van der Waals surface area contributed by atoms with Crippen molar-refractivity contribution in [3.63, 3.8) is 0 Å². The minimum Gasteiger partial charge on any atom is -0.357 e. The van der Waals surface area contributed by atoms with Gasteiger partial charge < -0.3 is 15.5 Å². The molecule has 4 rings (SSSR count). The molecule has 5 nitrogen and oxygen atoms in total. The number of anilines is 1. The molecule has 150 valence electrons. The lowest BCUT2D eigenvalue weighted by Gasteiger charge is -2.16. The summed E-state index contributed by atoms with van der Waals surface area (Å²) in [6.07, 6.45) is 5.99. The molecular weight excluding hydrogens is 366 g/mol. The number of guanidine groups is 1. The molecule has 1 aromatic carbocycles. The van der Waals surface area contributed by atoms with Gasteiger partial charge in [0.15, 0.2) is 11.1 Å². The number of benzene rings is 1. The second kappa shape index (κ2) is 8.95. The Morgan fingerprint density at radius 3 is 2.68 bits per heavy atom. The molecule has 2 N–H and O–H groups in total. The van der Waals surface area contributed by atoms with E-state index < -0.39 is 0 Å². The van der Waals surface area contributed by atoms with Crippen LogP contribution in [0.3, 0.4) is 0 Å². The van der Waals surface area contributed by atoms with Crippen LogP contribution >= 0.6 is 11.3 Å². The van der Waals surface area contributed by atoms with Crippen LogP contribution in [0.5, 0.6) is 0 Å². The van der Waals surface area contributed by atoms with Crippen molar-refractivity contribution in [1.82, 2.24) is 15.6 Å². The molecule has 2 aromatic rings. The Kier molecular flexibility index (Phi) is 6.15. The van der Waals surface area contributed by atoms with E-state index in [2.05, 4.69) is 58.2 Å².